The summed E-state index contributed by atoms with van der Waals surface area (Å²) in [6, 6.07) is 5.62. The third kappa shape index (κ3) is 4.83. The molecule has 0 atom stereocenters. The third-order valence-corrected chi connectivity index (χ3v) is 2.40. The summed E-state index contributed by atoms with van der Waals surface area (Å²) in [7, 11) is 0. The van der Waals surface area contributed by atoms with E-state index in [0.29, 0.717) is 0 Å². The highest BCUT2D eigenvalue weighted by Crippen LogP contribution is 2.32. The van der Waals surface area contributed by atoms with E-state index in [1.807, 2.05) is 24.3 Å². The molecule has 6 nitrogen and oxygen atoms in total. The van der Waals surface area contributed by atoms with E-state index in [0.717, 1.165) is 17.1 Å². The molecule has 112 valence electrons. The summed E-state index contributed by atoms with van der Waals surface area (Å²) < 4.78 is 15.5. The number of hydrogen-bond donors (Lipinski definition) is 1. The Morgan fingerprint density at radius 2 is 2.10 bits per heavy atom. The third-order valence-electron chi connectivity index (χ3n) is 2.40. The molecule has 1 aromatic rings. The molecule has 1 aliphatic rings. The van der Waals surface area contributed by atoms with Crippen LogP contribution in [0.4, 0.5) is 4.79 Å². The summed E-state index contributed by atoms with van der Waals surface area (Å²) in [5, 5.41) is 3.75. The van der Waals surface area contributed by atoms with Crippen molar-refractivity contribution < 1.29 is 19.0 Å². The second-order valence-corrected chi connectivity index (χ2v) is 5.36. The number of fused-ring (bicyclic) bond motifs is 1. The van der Waals surface area contributed by atoms with Crippen LogP contribution in [-0.4, -0.2) is 24.7 Å². The highest BCUT2D eigenvalue weighted by Gasteiger charge is 2.15. The Bertz CT molecular complexity index is 574. The molecule has 1 amide bonds. The lowest BCUT2D eigenvalue weighted by molar-refractivity contribution is 0.0529. The first kappa shape index (κ1) is 14.9. The first-order valence-electron chi connectivity index (χ1n) is 6.52. The minimum absolute atomic E-state index is 0.254. The van der Waals surface area contributed by atoms with Crippen molar-refractivity contribution in [1.82, 2.24) is 5.43 Å². The Labute approximate surface area is 123 Å². The lowest BCUT2D eigenvalue weighted by Gasteiger charge is -2.18. The second kappa shape index (κ2) is 6.30. The standard InChI is InChI=1S/C15H18N2O4/c1-15(2,3)21-14(18)17-16-8-4-5-11-6-7-12-13(9-11)20-10-19-12/h4-9H,10H2,1-3H3,(H,17,18)/b5-4+,16-8-. The number of hydrogen-bond acceptors (Lipinski definition) is 5. The minimum Gasteiger partial charge on any atom is -0.454 e. The van der Waals surface area contributed by atoms with Crippen molar-refractivity contribution in [3.05, 3.63) is 29.8 Å². The molecule has 1 heterocycles. The molecule has 0 unspecified atom stereocenters. The molecule has 0 aliphatic carbocycles. The number of benzene rings is 1. The number of nitrogens with zero attached hydrogens (tertiary/aromatic N) is 1. The lowest BCUT2D eigenvalue weighted by Crippen LogP contribution is -2.29. The first-order valence-corrected chi connectivity index (χ1v) is 6.52. The SMILES string of the molecule is CC(C)(C)OC(=O)N/N=C\C=C\c1ccc2c(c1)OCO2. The first-order chi connectivity index (χ1) is 9.94. The molecule has 0 radical (unpaired) electrons. The predicted octanol–water partition coefficient (Wildman–Crippen LogP) is 2.94. The fourth-order valence-electron chi connectivity index (χ4n) is 1.60. The van der Waals surface area contributed by atoms with Gasteiger partial charge < -0.3 is 14.2 Å². The van der Waals surface area contributed by atoms with Gasteiger partial charge in [0, 0.05) is 6.21 Å². The fraction of sp³-hybridized carbons (Fsp3) is 0.333. The normalized spacial score (nSPS) is 13.9. The van der Waals surface area contributed by atoms with Crippen molar-refractivity contribution in [2.24, 2.45) is 5.10 Å². The Balaban J connectivity index is 1.82. The summed E-state index contributed by atoms with van der Waals surface area (Å²) in [5.74, 6) is 1.47. The van der Waals surface area contributed by atoms with Crippen LogP contribution in [0.3, 0.4) is 0 Å². The number of amides is 1. The van der Waals surface area contributed by atoms with E-state index in [4.69, 9.17) is 14.2 Å². The van der Waals surface area contributed by atoms with E-state index < -0.39 is 11.7 Å². The van der Waals surface area contributed by atoms with Crippen LogP contribution < -0.4 is 14.9 Å². The van der Waals surface area contributed by atoms with Crippen LogP contribution in [-0.2, 0) is 4.74 Å². The molecule has 0 spiro atoms. The van der Waals surface area contributed by atoms with Crippen molar-refractivity contribution >= 4 is 18.4 Å². The number of nitrogens with one attached hydrogen (secondary N) is 1. The van der Waals surface area contributed by atoms with Gasteiger partial charge in [0.05, 0.1) is 0 Å². The average Bonchev–Trinajstić information content (AvgIpc) is 2.83. The van der Waals surface area contributed by atoms with Crippen molar-refractivity contribution in [2.75, 3.05) is 6.79 Å². The number of allylic oxidation sites excluding steroid dienone is 1. The summed E-state index contributed by atoms with van der Waals surface area (Å²) in [6.45, 7) is 5.62. The number of carbonyl (C=O) groups is 1. The van der Waals surface area contributed by atoms with Crippen LogP contribution in [0, 0.1) is 0 Å². The van der Waals surface area contributed by atoms with Gasteiger partial charge in [-0.2, -0.15) is 5.10 Å². The second-order valence-electron chi connectivity index (χ2n) is 5.36. The molecule has 1 aliphatic heterocycles. The summed E-state index contributed by atoms with van der Waals surface area (Å²) >= 11 is 0. The molecule has 1 N–H and O–H groups in total. The molecule has 0 aromatic heterocycles. The number of hydrazone groups is 1. The Kier molecular flexibility index (Phi) is 4.47. The van der Waals surface area contributed by atoms with Crippen LogP contribution in [0.25, 0.3) is 6.08 Å². The van der Waals surface area contributed by atoms with Gasteiger partial charge in [0.15, 0.2) is 11.5 Å². The maximum atomic E-state index is 11.3. The fourth-order valence-corrected chi connectivity index (χ4v) is 1.60. The van der Waals surface area contributed by atoms with E-state index in [-0.39, 0.29) is 6.79 Å². The zero-order chi connectivity index (χ0) is 15.3. The molecule has 21 heavy (non-hydrogen) atoms. The van der Waals surface area contributed by atoms with E-state index >= 15 is 0 Å². The molecule has 0 saturated heterocycles. The summed E-state index contributed by atoms with van der Waals surface area (Å²) in [4.78, 5) is 11.3. The maximum Gasteiger partial charge on any atom is 0.428 e. The topological polar surface area (TPSA) is 69.2 Å². The van der Waals surface area contributed by atoms with Gasteiger partial charge in [-0.15, -0.1) is 0 Å². The number of carbonyl (C=O) groups excluding carboxylic acids is 1. The van der Waals surface area contributed by atoms with E-state index in [9.17, 15) is 4.79 Å². The Morgan fingerprint density at radius 1 is 1.33 bits per heavy atom. The molecular formula is C15H18N2O4. The summed E-state index contributed by atoms with van der Waals surface area (Å²) in [6.07, 6.45) is 4.42. The van der Waals surface area contributed by atoms with Gasteiger partial charge in [0.25, 0.3) is 0 Å². The van der Waals surface area contributed by atoms with Gasteiger partial charge in [0.2, 0.25) is 6.79 Å². The van der Waals surface area contributed by atoms with Crippen molar-refractivity contribution in [3.8, 4) is 11.5 Å². The lowest BCUT2D eigenvalue weighted by atomic mass is 10.2. The highest BCUT2D eigenvalue weighted by atomic mass is 16.7. The van der Waals surface area contributed by atoms with Crippen LogP contribution in [0.2, 0.25) is 0 Å². The Morgan fingerprint density at radius 3 is 2.86 bits per heavy atom. The quantitative estimate of drug-likeness (QED) is 0.686. The van der Waals surface area contributed by atoms with Gasteiger partial charge in [-0.25, -0.2) is 10.2 Å². The van der Waals surface area contributed by atoms with Crippen molar-refractivity contribution in [1.29, 1.82) is 0 Å². The molecule has 0 fully saturated rings. The minimum atomic E-state index is -0.588. The van der Waals surface area contributed by atoms with Gasteiger partial charge in [-0.1, -0.05) is 12.1 Å². The zero-order valence-electron chi connectivity index (χ0n) is 12.3. The smallest absolute Gasteiger partial charge is 0.428 e. The molecule has 1 aromatic carbocycles. The molecular weight excluding hydrogens is 272 g/mol. The van der Waals surface area contributed by atoms with Gasteiger partial charge in [-0.05, 0) is 44.5 Å². The number of rotatable bonds is 3. The summed E-state index contributed by atoms with van der Waals surface area (Å²) in [5.41, 5.74) is 2.69. The largest absolute Gasteiger partial charge is 0.454 e. The van der Waals surface area contributed by atoms with E-state index in [1.165, 1.54) is 6.21 Å². The van der Waals surface area contributed by atoms with E-state index in [1.54, 1.807) is 26.8 Å². The average molecular weight is 290 g/mol. The molecule has 0 bridgehead atoms. The van der Waals surface area contributed by atoms with Crippen LogP contribution in [0.15, 0.2) is 29.4 Å². The zero-order valence-corrected chi connectivity index (χ0v) is 12.3. The van der Waals surface area contributed by atoms with Gasteiger partial charge in [0.1, 0.15) is 5.60 Å². The molecule has 0 saturated carbocycles. The van der Waals surface area contributed by atoms with Crippen LogP contribution in [0.5, 0.6) is 11.5 Å². The monoisotopic (exact) mass is 290 g/mol. The van der Waals surface area contributed by atoms with Crippen LogP contribution in [0.1, 0.15) is 26.3 Å². The van der Waals surface area contributed by atoms with Crippen molar-refractivity contribution in [2.45, 2.75) is 26.4 Å². The Hall–Kier alpha value is -2.50. The van der Waals surface area contributed by atoms with Gasteiger partial charge >= 0.3 is 6.09 Å². The number of ether oxygens (including phenoxy) is 3. The van der Waals surface area contributed by atoms with E-state index in [2.05, 4.69) is 10.5 Å². The van der Waals surface area contributed by atoms with Gasteiger partial charge in [-0.3, -0.25) is 0 Å². The molecule has 2 rings (SSSR count). The van der Waals surface area contributed by atoms with Crippen LogP contribution >= 0.6 is 0 Å². The van der Waals surface area contributed by atoms with Crippen molar-refractivity contribution in [3.63, 3.8) is 0 Å². The maximum absolute atomic E-state index is 11.3. The predicted molar refractivity (Wildman–Crippen MR) is 79.5 cm³/mol. The highest BCUT2D eigenvalue weighted by molar-refractivity contribution is 5.79. The molecule has 6 heteroatoms.